The zero-order valence-electron chi connectivity index (χ0n) is 34.0. The number of nitrogens with zero attached hydrogens (tertiary/aromatic N) is 4. The highest BCUT2D eigenvalue weighted by atomic mass is 35.5. The highest BCUT2D eigenvalue weighted by Crippen LogP contribution is 2.48. The van der Waals surface area contributed by atoms with E-state index in [1.54, 1.807) is 43.1 Å². The van der Waals surface area contributed by atoms with Crippen LogP contribution >= 0.6 is 11.6 Å². The van der Waals surface area contributed by atoms with E-state index in [0.29, 0.717) is 43.7 Å². The predicted molar refractivity (Wildman–Crippen MR) is 216 cm³/mol. The Balaban J connectivity index is 1.13. The number of benzene rings is 2. The van der Waals surface area contributed by atoms with Crippen molar-refractivity contribution < 1.29 is 47.8 Å². The first kappa shape index (κ1) is 44.2. The van der Waals surface area contributed by atoms with Crippen LogP contribution in [0.1, 0.15) is 45.1 Å². The molecular weight excluding hydrogens is 803 g/mol. The van der Waals surface area contributed by atoms with Crippen LogP contribution in [0.5, 0.6) is 5.75 Å². The molecule has 19 heteroatoms. The smallest absolute Gasteiger partial charge is 0.319 e. The summed E-state index contributed by atoms with van der Waals surface area (Å²) in [5.74, 6) is -3.15. The minimum atomic E-state index is -1.52. The van der Waals surface area contributed by atoms with Gasteiger partial charge in [0.25, 0.3) is 0 Å². The summed E-state index contributed by atoms with van der Waals surface area (Å²) in [5, 5.41) is 20.7. The quantitative estimate of drug-likeness (QED) is 0.193. The van der Waals surface area contributed by atoms with Crippen LogP contribution in [0.4, 0.5) is 14.9 Å². The number of likely N-dealkylation sites (tertiary alicyclic amines) is 2. The molecule has 0 bridgehead atoms. The van der Waals surface area contributed by atoms with Crippen molar-refractivity contribution in [2.24, 2.45) is 5.92 Å². The van der Waals surface area contributed by atoms with Gasteiger partial charge >= 0.3 is 6.03 Å². The summed E-state index contributed by atoms with van der Waals surface area (Å²) in [5.41, 5.74) is -0.413. The van der Waals surface area contributed by atoms with Crippen molar-refractivity contribution >= 4 is 58.6 Å². The Morgan fingerprint density at radius 3 is 2.40 bits per heavy atom. The number of likely N-dealkylation sites (N-methyl/N-ethyl adjacent to an activating group) is 1. The van der Waals surface area contributed by atoms with Gasteiger partial charge in [-0.2, -0.15) is 0 Å². The number of methoxy groups -OCH3 is 1. The number of halogens is 2. The normalized spacial score (nSPS) is 24.1. The standard InChI is InChI=1S/C41H52ClFN8O9/c1-23-18-41(19-34(41)53)51(20-23)37(56)24(2)44-36(55)33-21-48(3)13-14-50(33)39(58)32-9-6-12-49(32)38(57)31(22-52)45-35(54)30(16-25-7-5-8-27(15-25)60-4)47-40(59)46-29-11-10-26(42)17-28(29)43/h5,7-8,10-11,15,17,23-24,30-33,52H,6,9,12-14,16,18-22H2,1-4H3,(H,44,55)(H,45,54)(H2,46,47,59)/t23-,24+,30+,31+,32+,33+,41+/m1/s1. The second kappa shape index (κ2) is 18.5. The second-order valence-corrected chi connectivity index (χ2v) is 16.6. The van der Waals surface area contributed by atoms with Gasteiger partial charge in [-0.25, -0.2) is 9.18 Å². The molecule has 1 saturated carbocycles. The van der Waals surface area contributed by atoms with Crippen molar-refractivity contribution in [3.8, 4) is 5.75 Å². The molecule has 2 aromatic carbocycles. The number of aliphatic hydroxyl groups is 1. The molecular formula is C41H52ClFN8O9. The summed E-state index contributed by atoms with van der Waals surface area (Å²) < 4.78 is 19.8. The summed E-state index contributed by atoms with van der Waals surface area (Å²) in [6, 6.07) is 3.60. The van der Waals surface area contributed by atoms with Crippen LogP contribution in [0.2, 0.25) is 5.02 Å². The average Bonchev–Trinajstić information content (AvgIpc) is 3.49. The molecule has 3 saturated heterocycles. The van der Waals surface area contributed by atoms with Crippen molar-refractivity contribution in [1.29, 1.82) is 0 Å². The van der Waals surface area contributed by atoms with Gasteiger partial charge in [0.1, 0.15) is 47.3 Å². The fourth-order valence-electron chi connectivity index (χ4n) is 8.49. The number of hydrogen-bond donors (Lipinski definition) is 5. The van der Waals surface area contributed by atoms with Crippen molar-refractivity contribution in [3.63, 3.8) is 0 Å². The molecule has 2 aromatic rings. The molecule has 4 fully saturated rings. The lowest BCUT2D eigenvalue weighted by Gasteiger charge is -2.41. The highest BCUT2D eigenvalue weighted by molar-refractivity contribution is 6.30. The minimum Gasteiger partial charge on any atom is -0.497 e. The van der Waals surface area contributed by atoms with Gasteiger partial charge in [0.15, 0.2) is 5.78 Å². The van der Waals surface area contributed by atoms with Crippen LogP contribution in [0.15, 0.2) is 42.5 Å². The molecule has 4 aliphatic rings. The van der Waals surface area contributed by atoms with Gasteiger partial charge in [0, 0.05) is 50.6 Å². The van der Waals surface area contributed by atoms with E-state index in [2.05, 4.69) is 21.3 Å². The van der Waals surface area contributed by atoms with E-state index in [-0.39, 0.29) is 60.8 Å². The Hall–Kier alpha value is -5.33. The predicted octanol–water partition coefficient (Wildman–Crippen LogP) is 0.916. The number of carbonyl (C=O) groups excluding carboxylic acids is 7. The number of nitrogens with one attached hydrogen (secondary N) is 4. The molecule has 3 heterocycles. The van der Waals surface area contributed by atoms with Crippen LogP contribution in [-0.2, 0) is 35.2 Å². The largest absolute Gasteiger partial charge is 0.497 e. The molecule has 5 N–H and O–H groups in total. The average molecular weight is 855 g/mol. The van der Waals surface area contributed by atoms with Gasteiger partial charge in [0.05, 0.1) is 19.4 Å². The Labute approximate surface area is 352 Å². The summed E-state index contributed by atoms with van der Waals surface area (Å²) in [6.45, 7) is 4.02. The number of urea groups is 1. The first-order chi connectivity index (χ1) is 28.5. The first-order valence-corrected chi connectivity index (χ1v) is 20.4. The number of carbonyl (C=O) groups is 7. The van der Waals surface area contributed by atoms with E-state index in [1.807, 2.05) is 11.8 Å². The maximum absolute atomic E-state index is 14.5. The number of rotatable bonds is 13. The Bertz CT molecular complexity index is 2030. The third kappa shape index (κ3) is 9.66. The molecule has 7 atom stereocenters. The third-order valence-electron chi connectivity index (χ3n) is 11.7. The van der Waals surface area contributed by atoms with Gasteiger partial charge in [-0.1, -0.05) is 30.7 Å². The van der Waals surface area contributed by atoms with Gasteiger partial charge in [-0.05, 0) is 75.0 Å². The van der Waals surface area contributed by atoms with Crippen LogP contribution in [0, 0.1) is 11.7 Å². The number of aliphatic hydroxyl groups excluding tert-OH is 1. The van der Waals surface area contributed by atoms with Crippen LogP contribution in [0.3, 0.4) is 0 Å². The topological polar surface area (TPSA) is 210 Å². The molecule has 1 aliphatic carbocycles. The molecule has 6 rings (SSSR count). The molecule has 7 amide bonds. The molecule has 1 spiro atoms. The Morgan fingerprint density at radius 1 is 0.967 bits per heavy atom. The summed E-state index contributed by atoms with van der Waals surface area (Å²) in [6.07, 6.45) is 1.50. The van der Waals surface area contributed by atoms with E-state index < -0.39 is 77.8 Å². The van der Waals surface area contributed by atoms with Gasteiger partial charge < -0.3 is 50.7 Å². The lowest BCUT2D eigenvalue weighted by molar-refractivity contribution is -0.152. The number of piperazine rings is 1. The number of ether oxygens (including phenoxy) is 1. The maximum Gasteiger partial charge on any atom is 0.319 e. The lowest BCUT2D eigenvalue weighted by atomic mass is 10.0. The van der Waals surface area contributed by atoms with Crippen LogP contribution < -0.4 is 26.0 Å². The zero-order valence-corrected chi connectivity index (χ0v) is 34.8. The van der Waals surface area contributed by atoms with E-state index in [1.165, 1.54) is 29.0 Å². The monoisotopic (exact) mass is 854 g/mol. The van der Waals surface area contributed by atoms with Crippen molar-refractivity contribution in [1.82, 2.24) is 35.6 Å². The van der Waals surface area contributed by atoms with E-state index in [0.717, 1.165) is 6.07 Å². The molecule has 0 radical (unpaired) electrons. The number of hydrogen-bond acceptors (Lipinski definition) is 10. The van der Waals surface area contributed by atoms with Gasteiger partial charge in [-0.15, -0.1) is 0 Å². The highest BCUT2D eigenvalue weighted by Gasteiger charge is 2.63. The summed E-state index contributed by atoms with van der Waals surface area (Å²) >= 11 is 5.84. The zero-order chi connectivity index (χ0) is 43.5. The van der Waals surface area contributed by atoms with Crippen molar-refractivity contribution in [2.75, 3.05) is 58.8 Å². The lowest BCUT2D eigenvalue weighted by Crippen LogP contribution is -2.65. The number of anilines is 1. The first-order valence-electron chi connectivity index (χ1n) is 20.1. The van der Waals surface area contributed by atoms with E-state index in [9.17, 15) is 43.1 Å². The van der Waals surface area contributed by atoms with Crippen LogP contribution in [0.25, 0.3) is 0 Å². The fraction of sp³-hybridized carbons (Fsp3) is 0.537. The molecule has 17 nitrogen and oxygen atoms in total. The molecule has 324 valence electrons. The Kier molecular flexibility index (Phi) is 13.6. The molecule has 0 unspecified atom stereocenters. The summed E-state index contributed by atoms with van der Waals surface area (Å²) in [4.78, 5) is 101. The molecule has 60 heavy (non-hydrogen) atoms. The van der Waals surface area contributed by atoms with Crippen molar-refractivity contribution in [2.45, 2.75) is 81.7 Å². The van der Waals surface area contributed by atoms with Gasteiger partial charge in [-0.3, -0.25) is 28.8 Å². The Morgan fingerprint density at radius 2 is 1.72 bits per heavy atom. The minimum absolute atomic E-state index is 0.0169. The number of amides is 7. The van der Waals surface area contributed by atoms with E-state index in [4.69, 9.17) is 16.3 Å². The maximum atomic E-state index is 14.5. The van der Waals surface area contributed by atoms with Crippen LogP contribution in [-0.4, -0.2) is 155 Å². The number of ketones is 1. The molecule has 0 aromatic heterocycles. The summed E-state index contributed by atoms with van der Waals surface area (Å²) in [7, 11) is 3.27. The number of Topliss-reactive ketones (excluding diaryl/α,β-unsaturated/α-hetero) is 1. The fourth-order valence-corrected chi connectivity index (χ4v) is 8.65. The van der Waals surface area contributed by atoms with Gasteiger partial charge in [0.2, 0.25) is 29.5 Å². The van der Waals surface area contributed by atoms with Crippen molar-refractivity contribution in [3.05, 3.63) is 58.9 Å². The second-order valence-electron chi connectivity index (χ2n) is 16.2. The third-order valence-corrected chi connectivity index (χ3v) is 11.9. The SMILES string of the molecule is COc1cccc(C[C@H](NC(=O)Nc2ccc(Cl)cc2F)C(=O)N[C@@H](CO)C(=O)N2CCC[C@H]2C(=O)N2CCN(C)C[C@H]2C(=O)N[C@@H](C)C(=O)N2C[C@H](C)C[C@@]23CC3=O)c1. The molecule has 3 aliphatic heterocycles. The van der Waals surface area contributed by atoms with E-state index >= 15 is 0 Å².